The Bertz CT molecular complexity index is 714. The summed E-state index contributed by atoms with van der Waals surface area (Å²) in [7, 11) is 0. The molecular weight excluding hydrogens is 369 g/mol. The normalized spacial score (nSPS) is 21.2. The summed E-state index contributed by atoms with van der Waals surface area (Å²) in [5.74, 6) is 0. The lowest BCUT2D eigenvalue weighted by molar-refractivity contribution is 0.115. The summed E-state index contributed by atoms with van der Waals surface area (Å²) in [5, 5.41) is 14.2. The fourth-order valence-electron chi connectivity index (χ4n) is 3.07. The first-order chi connectivity index (χ1) is 10.6. The van der Waals surface area contributed by atoms with E-state index in [0.29, 0.717) is 0 Å². The Labute approximate surface area is 160 Å². The Morgan fingerprint density at radius 3 is 2.92 bits per heavy atom. The summed E-state index contributed by atoms with van der Waals surface area (Å²) >= 11 is 6.15. The Morgan fingerprint density at radius 1 is 1.46 bits per heavy atom. The van der Waals surface area contributed by atoms with Crippen LogP contribution in [0.2, 0.25) is 5.02 Å². The number of rotatable bonds is 3. The second kappa shape index (κ2) is 9.07. The Hall–Kier alpha value is -0.780. The van der Waals surface area contributed by atoms with Crippen molar-refractivity contribution < 1.29 is 5.11 Å². The largest absolute Gasteiger partial charge is 0.391 e. The smallest absolute Gasteiger partial charge is 0.0961 e. The highest BCUT2D eigenvalue weighted by atomic mass is 35.5. The van der Waals surface area contributed by atoms with Gasteiger partial charge in [-0.1, -0.05) is 23.3 Å². The molecule has 2 N–H and O–H groups in total. The third kappa shape index (κ3) is 4.44. The summed E-state index contributed by atoms with van der Waals surface area (Å²) in [6, 6.07) is 3.99. The van der Waals surface area contributed by atoms with Crippen molar-refractivity contribution in [3.63, 3.8) is 0 Å². The summed E-state index contributed by atoms with van der Waals surface area (Å²) in [6.07, 6.45) is 5.61. The predicted octanol–water partition coefficient (Wildman–Crippen LogP) is 3.90. The zero-order chi connectivity index (χ0) is 15.7. The van der Waals surface area contributed by atoms with Crippen molar-refractivity contribution >= 4 is 47.4 Å². The second-order valence-electron chi connectivity index (χ2n) is 6.12. The first-order valence-corrected chi connectivity index (χ1v) is 8.13. The number of allylic oxidation sites excluding steroid dienone is 1. The van der Waals surface area contributed by atoms with Gasteiger partial charge in [0.15, 0.2) is 0 Å². The van der Waals surface area contributed by atoms with Gasteiger partial charge < -0.3 is 15.0 Å². The third-order valence-corrected chi connectivity index (χ3v) is 4.74. The lowest BCUT2D eigenvalue weighted by Crippen LogP contribution is -2.43. The maximum Gasteiger partial charge on any atom is 0.0961 e. The standard InChI is InChI=1S/C17H22ClN3O.2ClH/c1-11(8-14-16(22)4-3-7-19-14)9-21-10-20-17-12(2)13(18)5-6-15(17)21;;/h5-6,8,10,14,16,19,22H,3-4,7,9H2,1-2H3;2*1H/b11-8+;;/t14-,16+;;/m1../s1. The number of hydrogen-bond acceptors (Lipinski definition) is 3. The molecule has 2 heterocycles. The number of piperidine rings is 1. The highest BCUT2D eigenvalue weighted by Crippen LogP contribution is 2.24. The van der Waals surface area contributed by atoms with Crippen molar-refractivity contribution in [3.05, 3.63) is 40.7 Å². The van der Waals surface area contributed by atoms with Gasteiger partial charge in [-0.25, -0.2) is 4.98 Å². The monoisotopic (exact) mass is 391 g/mol. The number of nitrogens with zero attached hydrogens (tertiary/aromatic N) is 2. The van der Waals surface area contributed by atoms with Crippen LogP contribution in [0, 0.1) is 6.92 Å². The van der Waals surface area contributed by atoms with E-state index in [9.17, 15) is 5.11 Å². The SMILES string of the molecule is C/C(=C\[C@H]1NCCC[C@@H]1O)Cn1cnc2c(C)c(Cl)ccc21.Cl.Cl. The molecule has 1 aromatic carbocycles. The topological polar surface area (TPSA) is 50.1 Å². The zero-order valence-corrected chi connectivity index (χ0v) is 16.2. The van der Waals surface area contributed by atoms with E-state index in [2.05, 4.69) is 27.9 Å². The Morgan fingerprint density at radius 2 is 2.21 bits per heavy atom. The van der Waals surface area contributed by atoms with E-state index in [0.717, 1.165) is 47.6 Å². The second-order valence-corrected chi connectivity index (χ2v) is 6.52. The molecule has 7 heteroatoms. The molecule has 1 aromatic heterocycles. The molecule has 0 amide bonds. The molecule has 24 heavy (non-hydrogen) atoms. The van der Waals surface area contributed by atoms with E-state index < -0.39 is 0 Å². The molecule has 0 saturated carbocycles. The van der Waals surface area contributed by atoms with Gasteiger partial charge in [0.05, 0.1) is 29.5 Å². The molecule has 1 aliphatic heterocycles. The third-order valence-electron chi connectivity index (χ3n) is 4.33. The number of aliphatic hydroxyl groups is 1. The molecular formula is C17H24Cl3N3O. The molecule has 1 fully saturated rings. The van der Waals surface area contributed by atoms with Crippen molar-refractivity contribution in [2.45, 2.75) is 45.4 Å². The van der Waals surface area contributed by atoms with E-state index in [1.165, 1.54) is 5.57 Å². The van der Waals surface area contributed by atoms with Crippen LogP contribution >= 0.6 is 36.4 Å². The van der Waals surface area contributed by atoms with E-state index in [1.54, 1.807) is 0 Å². The number of benzene rings is 1. The van der Waals surface area contributed by atoms with Crippen LogP contribution < -0.4 is 5.32 Å². The van der Waals surface area contributed by atoms with Gasteiger partial charge in [0.1, 0.15) is 0 Å². The highest BCUT2D eigenvalue weighted by molar-refractivity contribution is 6.32. The first-order valence-electron chi connectivity index (χ1n) is 7.75. The van der Waals surface area contributed by atoms with Crippen LogP contribution in [0.5, 0.6) is 0 Å². The maximum absolute atomic E-state index is 10.0. The quantitative estimate of drug-likeness (QED) is 0.779. The van der Waals surface area contributed by atoms with Crippen molar-refractivity contribution in [3.8, 4) is 0 Å². The van der Waals surface area contributed by atoms with E-state index >= 15 is 0 Å². The van der Waals surface area contributed by atoms with Crippen LogP contribution in [-0.4, -0.2) is 33.3 Å². The molecule has 3 rings (SSSR count). The fraction of sp³-hybridized carbons (Fsp3) is 0.471. The van der Waals surface area contributed by atoms with Crippen molar-refractivity contribution in [1.82, 2.24) is 14.9 Å². The van der Waals surface area contributed by atoms with Gasteiger partial charge in [-0.15, -0.1) is 24.8 Å². The van der Waals surface area contributed by atoms with Crippen molar-refractivity contribution in [1.29, 1.82) is 0 Å². The average molecular weight is 393 g/mol. The first kappa shape index (κ1) is 21.3. The van der Waals surface area contributed by atoms with Crippen LogP contribution in [0.15, 0.2) is 30.1 Å². The predicted molar refractivity (Wildman–Crippen MR) is 105 cm³/mol. The maximum atomic E-state index is 10.0. The lowest BCUT2D eigenvalue weighted by Gasteiger charge is -2.27. The molecule has 0 bridgehead atoms. The number of hydrogen-bond donors (Lipinski definition) is 2. The minimum Gasteiger partial charge on any atom is -0.391 e. The number of fused-ring (bicyclic) bond motifs is 1. The number of aliphatic hydroxyl groups excluding tert-OH is 1. The summed E-state index contributed by atoms with van der Waals surface area (Å²) in [6.45, 7) is 5.82. The van der Waals surface area contributed by atoms with Crippen LogP contribution in [0.1, 0.15) is 25.3 Å². The molecule has 134 valence electrons. The van der Waals surface area contributed by atoms with Gasteiger partial charge >= 0.3 is 0 Å². The molecule has 1 saturated heterocycles. The van der Waals surface area contributed by atoms with Gasteiger partial charge in [-0.3, -0.25) is 0 Å². The van der Waals surface area contributed by atoms with E-state index in [-0.39, 0.29) is 37.0 Å². The van der Waals surface area contributed by atoms with Gasteiger partial charge in [-0.2, -0.15) is 0 Å². The summed E-state index contributed by atoms with van der Waals surface area (Å²) < 4.78 is 2.12. The van der Waals surface area contributed by atoms with Crippen molar-refractivity contribution in [2.75, 3.05) is 6.54 Å². The molecule has 1 aliphatic rings. The molecule has 2 atom stereocenters. The minimum atomic E-state index is -0.288. The van der Waals surface area contributed by atoms with Crippen molar-refractivity contribution in [2.24, 2.45) is 0 Å². The highest BCUT2D eigenvalue weighted by Gasteiger charge is 2.20. The number of halogens is 3. The number of imidazole rings is 1. The van der Waals surface area contributed by atoms with Gasteiger partial charge in [0.2, 0.25) is 0 Å². The molecule has 4 nitrogen and oxygen atoms in total. The molecule has 2 aromatic rings. The van der Waals surface area contributed by atoms with Gasteiger partial charge in [0.25, 0.3) is 0 Å². The van der Waals surface area contributed by atoms with Gasteiger partial charge in [-0.05, 0) is 50.9 Å². The van der Waals surface area contributed by atoms with E-state index in [1.807, 2.05) is 25.4 Å². The number of aryl methyl sites for hydroxylation is 1. The molecule has 0 spiro atoms. The van der Waals surface area contributed by atoms with Crippen LogP contribution in [0.3, 0.4) is 0 Å². The fourth-order valence-corrected chi connectivity index (χ4v) is 3.22. The Kier molecular flexibility index (Phi) is 8.03. The Balaban J connectivity index is 0.00000144. The summed E-state index contributed by atoms with van der Waals surface area (Å²) in [5.41, 5.74) is 4.28. The van der Waals surface area contributed by atoms with Crippen LogP contribution in [-0.2, 0) is 6.54 Å². The lowest BCUT2D eigenvalue weighted by atomic mass is 9.99. The number of nitrogens with one attached hydrogen (secondary N) is 1. The van der Waals surface area contributed by atoms with Crippen LogP contribution in [0.25, 0.3) is 11.0 Å². The number of aromatic nitrogens is 2. The summed E-state index contributed by atoms with van der Waals surface area (Å²) in [4.78, 5) is 4.48. The molecule has 0 radical (unpaired) electrons. The van der Waals surface area contributed by atoms with E-state index in [4.69, 9.17) is 11.6 Å². The minimum absolute atomic E-state index is 0. The molecule has 0 aliphatic carbocycles. The molecule has 0 unspecified atom stereocenters. The average Bonchev–Trinajstić information content (AvgIpc) is 2.89. The van der Waals surface area contributed by atoms with Crippen LogP contribution in [0.4, 0.5) is 0 Å². The zero-order valence-electron chi connectivity index (χ0n) is 13.8. The van der Waals surface area contributed by atoms with Gasteiger partial charge in [0, 0.05) is 11.6 Å².